The number of carbonyl (C=O) groups excluding carboxylic acids is 2. The van der Waals surface area contributed by atoms with E-state index in [-0.39, 0.29) is 11.8 Å². The van der Waals surface area contributed by atoms with Crippen LogP contribution in [0.3, 0.4) is 0 Å². The van der Waals surface area contributed by atoms with Gasteiger partial charge >= 0.3 is 0 Å². The normalized spacial score (nSPS) is 14.5. The highest BCUT2D eigenvalue weighted by molar-refractivity contribution is 6.09. The molecule has 28 heavy (non-hydrogen) atoms. The molecule has 0 bridgehead atoms. The van der Waals surface area contributed by atoms with Gasteiger partial charge in [0.05, 0.1) is 31.0 Å². The van der Waals surface area contributed by atoms with Crippen LogP contribution in [-0.2, 0) is 4.74 Å². The lowest BCUT2D eigenvalue weighted by molar-refractivity contribution is -0.908. The van der Waals surface area contributed by atoms with E-state index in [1.165, 1.54) is 4.90 Å². The Labute approximate surface area is 165 Å². The molecule has 2 aromatic rings. The quantitative estimate of drug-likeness (QED) is 0.632. The van der Waals surface area contributed by atoms with Crippen molar-refractivity contribution in [1.82, 2.24) is 5.32 Å². The van der Waals surface area contributed by atoms with Gasteiger partial charge < -0.3 is 20.3 Å². The van der Waals surface area contributed by atoms with Crippen LogP contribution >= 0.6 is 0 Å². The minimum Gasteiger partial charge on any atom is -0.370 e. The van der Waals surface area contributed by atoms with Gasteiger partial charge in [0.25, 0.3) is 11.8 Å². The lowest BCUT2D eigenvalue weighted by Gasteiger charge is -2.23. The van der Waals surface area contributed by atoms with Crippen molar-refractivity contribution >= 4 is 17.5 Å². The SMILES string of the molecule is Cc1cccc(C(=O)Nc2ccccc2C(=O)NCCC[NH+]2CCOCC2)c1. The van der Waals surface area contributed by atoms with Gasteiger partial charge in [0.1, 0.15) is 13.1 Å². The minimum absolute atomic E-state index is 0.169. The Hall–Kier alpha value is -2.70. The van der Waals surface area contributed by atoms with Crippen molar-refractivity contribution in [3.63, 3.8) is 0 Å². The lowest BCUT2D eigenvalue weighted by atomic mass is 10.1. The second-order valence-electron chi connectivity index (χ2n) is 7.09. The molecule has 6 nitrogen and oxygen atoms in total. The molecule has 1 aliphatic heterocycles. The van der Waals surface area contributed by atoms with Crippen LogP contribution in [-0.4, -0.2) is 51.2 Å². The Morgan fingerprint density at radius 2 is 1.82 bits per heavy atom. The average molecular weight is 382 g/mol. The predicted molar refractivity (Wildman–Crippen MR) is 109 cm³/mol. The molecule has 0 aromatic heterocycles. The maximum Gasteiger partial charge on any atom is 0.255 e. The summed E-state index contributed by atoms with van der Waals surface area (Å²) in [5, 5.41) is 5.83. The summed E-state index contributed by atoms with van der Waals surface area (Å²) in [5.74, 6) is -0.392. The first-order valence-corrected chi connectivity index (χ1v) is 9.80. The molecule has 0 unspecified atom stereocenters. The van der Waals surface area contributed by atoms with Gasteiger partial charge in [0.15, 0.2) is 0 Å². The summed E-state index contributed by atoms with van der Waals surface area (Å²) in [6.45, 7) is 7.27. The highest BCUT2D eigenvalue weighted by Gasteiger charge is 2.15. The van der Waals surface area contributed by atoms with Gasteiger partial charge in [-0.25, -0.2) is 0 Å². The molecule has 0 atom stereocenters. The molecule has 6 heteroatoms. The Kier molecular flexibility index (Phi) is 7.17. The molecule has 3 rings (SSSR count). The first-order chi connectivity index (χ1) is 13.6. The van der Waals surface area contributed by atoms with Gasteiger partial charge in [-0.05, 0) is 31.2 Å². The summed E-state index contributed by atoms with van der Waals surface area (Å²) in [4.78, 5) is 26.6. The fraction of sp³-hybridized carbons (Fsp3) is 0.364. The maximum atomic E-state index is 12.6. The van der Waals surface area contributed by atoms with Gasteiger partial charge in [-0.1, -0.05) is 29.8 Å². The Morgan fingerprint density at radius 1 is 1.04 bits per heavy atom. The number of quaternary nitrogens is 1. The van der Waals surface area contributed by atoms with E-state index < -0.39 is 0 Å². The molecule has 1 fully saturated rings. The van der Waals surface area contributed by atoms with Crippen molar-refractivity contribution in [3.05, 3.63) is 65.2 Å². The molecule has 1 heterocycles. The van der Waals surface area contributed by atoms with E-state index in [1.807, 2.05) is 31.2 Å². The van der Waals surface area contributed by atoms with E-state index in [2.05, 4.69) is 10.6 Å². The predicted octanol–water partition coefficient (Wildman–Crippen LogP) is 1.28. The lowest BCUT2D eigenvalue weighted by Crippen LogP contribution is -3.14. The number of hydrogen-bond donors (Lipinski definition) is 3. The zero-order valence-corrected chi connectivity index (χ0v) is 16.3. The molecule has 2 amide bonds. The number of benzene rings is 2. The number of anilines is 1. The smallest absolute Gasteiger partial charge is 0.255 e. The standard InChI is InChI=1S/C22H27N3O3/c1-17-6-4-7-18(16-17)21(26)24-20-9-3-2-8-19(20)22(27)23-10-5-11-25-12-14-28-15-13-25/h2-4,6-9,16H,5,10-15H2,1H3,(H,23,27)(H,24,26)/p+1. The molecule has 0 radical (unpaired) electrons. The molecule has 1 saturated heterocycles. The van der Waals surface area contributed by atoms with Gasteiger partial charge in [0, 0.05) is 18.5 Å². The van der Waals surface area contributed by atoms with Crippen molar-refractivity contribution in [1.29, 1.82) is 0 Å². The van der Waals surface area contributed by atoms with E-state index >= 15 is 0 Å². The van der Waals surface area contributed by atoms with Crippen LogP contribution in [0.1, 0.15) is 32.7 Å². The number of ether oxygens (including phenoxy) is 1. The van der Waals surface area contributed by atoms with E-state index in [0.29, 0.717) is 23.4 Å². The summed E-state index contributed by atoms with van der Waals surface area (Å²) in [5.41, 5.74) is 2.58. The zero-order valence-electron chi connectivity index (χ0n) is 16.3. The van der Waals surface area contributed by atoms with Crippen LogP contribution in [0, 0.1) is 6.92 Å². The minimum atomic E-state index is -0.222. The number of nitrogens with one attached hydrogen (secondary N) is 3. The van der Waals surface area contributed by atoms with Gasteiger partial charge in [-0.3, -0.25) is 9.59 Å². The van der Waals surface area contributed by atoms with E-state index in [4.69, 9.17) is 4.74 Å². The van der Waals surface area contributed by atoms with Crippen LogP contribution in [0.25, 0.3) is 0 Å². The highest BCUT2D eigenvalue weighted by Crippen LogP contribution is 2.16. The number of carbonyl (C=O) groups is 2. The van der Waals surface area contributed by atoms with Crippen LogP contribution < -0.4 is 15.5 Å². The third-order valence-corrected chi connectivity index (χ3v) is 4.89. The summed E-state index contributed by atoms with van der Waals surface area (Å²) in [6, 6.07) is 14.5. The zero-order chi connectivity index (χ0) is 19.8. The molecule has 148 valence electrons. The van der Waals surface area contributed by atoms with Crippen molar-refractivity contribution in [2.24, 2.45) is 0 Å². The fourth-order valence-electron chi connectivity index (χ4n) is 3.32. The first-order valence-electron chi connectivity index (χ1n) is 9.80. The van der Waals surface area contributed by atoms with Crippen LogP contribution in [0.2, 0.25) is 0 Å². The Balaban J connectivity index is 1.55. The fourth-order valence-corrected chi connectivity index (χ4v) is 3.32. The number of amides is 2. The second kappa shape index (κ2) is 10.0. The molecular weight excluding hydrogens is 354 g/mol. The van der Waals surface area contributed by atoms with Crippen molar-refractivity contribution < 1.29 is 19.2 Å². The number of hydrogen-bond acceptors (Lipinski definition) is 3. The van der Waals surface area contributed by atoms with E-state index in [9.17, 15) is 9.59 Å². The Bertz CT molecular complexity index is 816. The van der Waals surface area contributed by atoms with Gasteiger partial charge in [-0.2, -0.15) is 0 Å². The number of morpholine rings is 1. The van der Waals surface area contributed by atoms with Crippen molar-refractivity contribution in [2.75, 3.05) is 44.7 Å². The number of aryl methyl sites for hydroxylation is 1. The third kappa shape index (κ3) is 5.65. The summed E-state index contributed by atoms with van der Waals surface area (Å²) >= 11 is 0. The number of para-hydroxylation sites is 1. The summed E-state index contributed by atoms with van der Waals surface area (Å²) < 4.78 is 5.36. The molecule has 2 aromatic carbocycles. The van der Waals surface area contributed by atoms with E-state index in [0.717, 1.165) is 44.8 Å². The molecule has 0 saturated carbocycles. The first kappa shape index (κ1) is 20.0. The average Bonchev–Trinajstić information content (AvgIpc) is 2.72. The van der Waals surface area contributed by atoms with Crippen molar-refractivity contribution in [3.8, 4) is 0 Å². The maximum absolute atomic E-state index is 12.6. The monoisotopic (exact) mass is 382 g/mol. The van der Waals surface area contributed by atoms with E-state index in [1.54, 1.807) is 24.3 Å². The van der Waals surface area contributed by atoms with Crippen LogP contribution in [0.15, 0.2) is 48.5 Å². The van der Waals surface area contributed by atoms with Crippen LogP contribution in [0.4, 0.5) is 5.69 Å². The van der Waals surface area contributed by atoms with Crippen molar-refractivity contribution in [2.45, 2.75) is 13.3 Å². The van der Waals surface area contributed by atoms with Crippen LogP contribution in [0.5, 0.6) is 0 Å². The molecule has 1 aliphatic rings. The molecule has 0 spiro atoms. The summed E-state index contributed by atoms with van der Waals surface area (Å²) in [6.07, 6.45) is 0.916. The second-order valence-corrected chi connectivity index (χ2v) is 7.09. The largest absolute Gasteiger partial charge is 0.370 e. The number of rotatable bonds is 7. The molecule has 3 N–H and O–H groups in total. The third-order valence-electron chi connectivity index (χ3n) is 4.89. The Morgan fingerprint density at radius 3 is 2.61 bits per heavy atom. The summed E-state index contributed by atoms with van der Waals surface area (Å²) in [7, 11) is 0. The highest BCUT2D eigenvalue weighted by atomic mass is 16.5. The molecular formula is C22H28N3O3+. The topological polar surface area (TPSA) is 71.9 Å². The molecule has 0 aliphatic carbocycles. The van der Waals surface area contributed by atoms with Gasteiger partial charge in [-0.15, -0.1) is 0 Å². The van der Waals surface area contributed by atoms with Gasteiger partial charge in [0.2, 0.25) is 0 Å².